The van der Waals surface area contributed by atoms with Crippen molar-refractivity contribution in [3.8, 4) is 0 Å². The van der Waals surface area contributed by atoms with Gasteiger partial charge in [0.1, 0.15) is 0 Å². The van der Waals surface area contributed by atoms with E-state index >= 15 is 0 Å². The van der Waals surface area contributed by atoms with E-state index in [9.17, 15) is 0 Å². The number of likely N-dealkylation sites (N-methyl/N-ethyl adjacent to an activating group) is 1. The van der Waals surface area contributed by atoms with Crippen molar-refractivity contribution < 1.29 is 0 Å². The van der Waals surface area contributed by atoms with E-state index in [1.54, 1.807) is 5.56 Å². The molecule has 1 aromatic rings. The molecule has 0 spiro atoms. The molecular formula is C18H29N. The SMILES string of the molecule is CC.Cc1ccc2c(c1)C(C1CCCCC1)CN2C. The van der Waals surface area contributed by atoms with Crippen LogP contribution in [0.5, 0.6) is 0 Å². The number of anilines is 1. The zero-order valence-corrected chi connectivity index (χ0v) is 13.1. The standard InChI is InChI=1S/C16H23N.C2H6/c1-12-8-9-16-14(10-12)15(11-17(16)2)13-6-4-3-5-7-13;1-2/h8-10,13,15H,3-7,11H2,1-2H3;1-2H3. The van der Waals surface area contributed by atoms with Gasteiger partial charge >= 0.3 is 0 Å². The van der Waals surface area contributed by atoms with E-state index in [1.807, 2.05) is 13.8 Å². The first kappa shape index (κ1) is 14.4. The molecule has 1 fully saturated rings. The summed E-state index contributed by atoms with van der Waals surface area (Å²) in [6.07, 6.45) is 7.26. The Balaban J connectivity index is 0.000000637. The minimum Gasteiger partial charge on any atom is -0.374 e. The monoisotopic (exact) mass is 259 g/mol. The van der Waals surface area contributed by atoms with Gasteiger partial charge in [0.15, 0.2) is 0 Å². The van der Waals surface area contributed by atoms with Crippen LogP contribution in [0.1, 0.15) is 63.0 Å². The molecule has 0 saturated heterocycles. The summed E-state index contributed by atoms with van der Waals surface area (Å²) in [5, 5.41) is 0. The molecule has 0 amide bonds. The Morgan fingerprint density at radius 2 is 1.74 bits per heavy atom. The lowest BCUT2D eigenvalue weighted by Gasteiger charge is -2.28. The van der Waals surface area contributed by atoms with Crippen molar-refractivity contribution in [3.63, 3.8) is 0 Å². The van der Waals surface area contributed by atoms with E-state index < -0.39 is 0 Å². The fourth-order valence-corrected chi connectivity index (χ4v) is 3.75. The first-order chi connectivity index (χ1) is 9.25. The van der Waals surface area contributed by atoms with Crippen molar-refractivity contribution in [2.45, 2.75) is 58.8 Å². The van der Waals surface area contributed by atoms with Crippen LogP contribution >= 0.6 is 0 Å². The molecule has 1 aromatic carbocycles. The molecule has 3 rings (SSSR count). The molecule has 1 atom stereocenters. The molecule has 0 aromatic heterocycles. The highest BCUT2D eigenvalue weighted by Gasteiger charge is 2.33. The molecule has 1 heterocycles. The van der Waals surface area contributed by atoms with Crippen LogP contribution in [-0.4, -0.2) is 13.6 Å². The molecule has 1 saturated carbocycles. The van der Waals surface area contributed by atoms with Gasteiger partial charge in [-0.1, -0.05) is 50.8 Å². The van der Waals surface area contributed by atoms with Gasteiger partial charge in [0.2, 0.25) is 0 Å². The van der Waals surface area contributed by atoms with Gasteiger partial charge in [0.05, 0.1) is 0 Å². The van der Waals surface area contributed by atoms with Crippen LogP contribution in [0.3, 0.4) is 0 Å². The molecule has 2 aliphatic rings. The molecule has 19 heavy (non-hydrogen) atoms. The smallest absolute Gasteiger partial charge is 0.0400 e. The zero-order valence-electron chi connectivity index (χ0n) is 13.1. The molecule has 1 aliphatic carbocycles. The Kier molecular flexibility index (Phi) is 4.90. The lowest BCUT2D eigenvalue weighted by atomic mass is 9.77. The zero-order chi connectivity index (χ0) is 13.8. The van der Waals surface area contributed by atoms with Gasteiger partial charge < -0.3 is 4.90 Å². The van der Waals surface area contributed by atoms with Gasteiger partial charge in [-0.2, -0.15) is 0 Å². The van der Waals surface area contributed by atoms with Crippen molar-refractivity contribution in [2.75, 3.05) is 18.5 Å². The number of rotatable bonds is 1. The van der Waals surface area contributed by atoms with Crippen molar-refractivity contribution in [3.05, 3.63) is 29.3 Å². The topological polar surface area (TPSA) is 3.24 Å². The highest BCUT2D eigenvalue weighted by atomic mass is 15.1. The van der Waals surface area contributed by atoms with Crippen LogP contribution in [-0.2, 0) is 0 Å². The van der Waals surface area contributed by atoms with Crippen LogP contribution < -0.4 is 4.90 Å². The Morgan fingerprint density at radius 3 is 2.42 bits per heavy atom. The maximum absolute atomic E-state index is 2.45. The number of benzene rings is 1. The second-order valence-electron chi connectivity index (χ2n) is 5.95. The summed E-state index contributed by atoms with van der Waals surface area (Å²) in [4.78, 5) is 2.45. The predicted molar refractivity (Wildman–Crippen MR) is 85.1 cm³/mol. The normalized spacial score (nSPS) is 22.7. The number of fused-ring (bicyclic) bond motifs is 1. The molecule has 0 N–H and O–H groups in total. The summed E-state index contributed by atoms with van der Waals surface area (Å²) >= 11 is 0. The van der Waals surface area contributed by atoms with Crippen LogP contribution in [0, 0.1) is 12.8 Å². The van der Waals surface area contributed by atoms with E-state index in [0.29, 0.717) is 0 Å². The average molecular weight is 259 g/mol. The van der Waals surface area contributed by atoms with E-state index in [0.717, 1.165) is 11.8 Å². The summed E-state index contributed by atoms with van der Waals surface area (Å²) in [6, 6.07) is 6.99. The lowest BCUT2D eigenvalue weighted by Crippen LogP contribution is -2.22. The molecular weight excluding hydrogens is 230 g/mol. The second kappa shape index (κ2) is 6.45. The molecule has 1 nitrogen and oxygen atoms in total. The summed E-state index contributed by atoms with van der Waals surface area (Å²) < 4.78 is 0. The third-order valence-electron chi connectivity index (χ3n) is 4.68. The number of hydrogen-bond acceptors (Lipinski definition) is 1. The number of nitrogens with zero attached hydrogens (tertiary/aromatic N) is 1. The van der Waals surface area contributed by atoms with E-state index in [2.05, 4.69) is 37.1 Å². The van der Waals surface area contributed by atoms with E-state index in [4.69, 9.17) is 0 Å². The maximum atomic E-state index is 2.45. The van der Waals surface area contributed by atoms with E-state index in [1.165, 1.54) is 49.9 Å². The van der Waals surface area contributed by atoms with Gasteiger partial charge in [-0.15, -0.1) is 0 Å². The van der Waals surface area contributed by atoms with Crippen molar-refractivity contribution in [2.24, 2.45) is 5.92 Å². The molecule has 1 aliphatic heterocycles. The largest absolute Gasteiger partial charge is 0.374 e. The number of aryl methyl sites for hydroxylation is 1. The molecule has 106 valence electrons. The van der Waals surface area contributed by atoms with Gasteiger partial charge in [-0.3, -0.25) is 0 Å². The van der Waals surface area contributed by atoms with Crippen LogP contribution in [0.4, 0.5) is 5.69 Å². The predicted octanol–water partition coefficient (Wildman–Crippen LogP) is 5.13. The molecule has 0 radical (unpaired) electrons. The average Bonchev–Trinajstić information content (AvgIpc) is 2.79. The summed E-state index contributed by atoms with van der Waals surface area (Å²) in [6.45, 7) is 7.46. The molecule has 1 heteroatoms. The quantitative estimate of drug-likeness (QED) is 0.675. The first-order valence-corrected chi connectivity index (χ1v) is 8.07. The van der Waals surface area contributed by atoms with Gasteiger partial charge in [0.25, 0.3) is 0 Å². The summed E-state index contributed by atoms with van der Waals surface area (Å²) in [7, 11) is 2.25. The van der Waals surface area contributed by atoms with Crippen LogP contribution in [0.2, 0.25) is 0 Å². The van der Waals surface area contributed by atoms with Gasteiger partial charge in [0, 0.05) is 25.2 Å². The Bertz CT molecular complexity index is 404. The lowest BCUT2D eigenvalue weighted by molar-refractivity contribution is 0.313. The van der Waals surface area contributed by atoms with Crippen LogP contribution in [0.25, 0.3) is 0 Å². The fourth-order valence-electron chi connectivity index (χ4n) is 3.75. The minimum atomic E-state index is 0.801. The Morgan fingerprint density at radius 1 is 1.05 bits per heavy atom. The second-order valence-corrected chi connectivity index (χ2v) is 5.95. The Labute approximate surface area is 119 Å². The third-order valence-corrected chi connectivity index (χ3v) is 4.68. The first-order valence-electron chi connectivity index (χ1n) is 8.07. The van der Waals surface area contributed by atoms with Crippen molar-refractivity contribution >= 4 is 5.69 Å². The highest BCUT2D eigenvalue weighted by Crippen LogP contribution is 2.44. The number of hydrogen-bond donors (Lipinski definition) is 0. The van der Waals surface area contributed by atoms with E-state index in [-0.39, 0.29) is 0 Å². The van der Waals surface area contributed by atoms with Gasteiger partial charge in [-0.25, -0.2) is 0 Å². The maximum Gasteiger partial charge on any atom is 0.0400 e. The summed E-state index contributed by atoms with van der Waals surface area (Å²) in [5.74, 6) is 1.74. The highest BCUT2D eigenvalue weighted by molar-refractivity contribution is 5.60. The Hall–Kier alpha value is -0.980. The summed E-state index contributed by atoms with van der Waals surface area (Å²) in [5.41, 5.74) is 4.52. The van der Waals surface area contributed by atoms with Crippen molar-refractivity contribution in [1.82, 2.24) is 0 Å². The fraction of sp³-hybridized carbons (Fsp3) is 0.667. The molecule has 1 unspecified atom stereocenters. The van der Waals surface area contributed by atoms with Crippen LogP contribution in [0.15, 0.2) is 18.2 Å². The van der Waals surface area contributed by atoms with Gasteiger partial charge in [-0.05, 0) is 37.3 Å². The van der Waals surface area contributed by atoms with Crippen molar-refractivity contribution in [1.29, 1.82) is 0 Å². The minimum absolute atomic E-state index is 0.801. The third kappa shape index (κ3) is 2.96. The molecule has 0 bridgehead atoms.